The average Bonchev–Trinajstić information content (AvgIpc) is 2.89. The van der Waals surface area contributed by atoms with Crippen molar-refractivity contribution in [2.45, 2.75) is 0 Å². The first-order valence-electron chi connectivity index (χ1n) is 9.92. The highest BCUT2D eigenvalue weighted by Gasteiger charge is 2.38. The summed E-state index contributed by atoms with van der Waals surface area (Å²) in [6.07, 6.45) is 0. The summed E-state index contributed by atoms with van der Waals surface area (Å²) in [6, 6.07) is 0. The quantitative estimate of drug-likeness (QED) is 0.188. The zero-order chi connectivity index (χ0) is 32.1. The maximum Gasteiger partial charge on any atom is 0.339 e. The van der Waals surface area contributed by atoms with Crippen LogP contribution in [-0.4, -0.2) is 44.3 Å². The maximum absolute atomic E-state index is 14.6. The van der Waals surface area contributed by atoms with Gasteiger partial charge in [0, 0.05) is 0 Å². The van der Waals surface area contributed by atoms with E-state index >= 15 is 0 Å². The molecule has 0 bridgehead atoms. The van der Waals surface area contributed by atoms with Gasteiger partial charge in [-0.25, -0.2) is 36.7 Å². The molecular formula is C22H4F10O10. The number of rotatable bonds is 8. The Balaban J connectivity index is 2.26. The van der Waals surface area contributed by atoms with E-state index in [1.807, 2.05) is 0 Å². The van der Waals surface area contributed by atoms with Gasteiger partial charge in [-0.1, -0.05) is 0 Å². The predicted octanol–water partition coefficient (Wildman–Crippen LogP) is 5.46. The topological polar surface area (TPSA) is 168 Å². The molecule has 0 atom stereocenters. The van der Waals surface area contributed by atoms with Crippen LogP contribution in [0.15, 0.2) is 0 Å². The molecule has 0 aliphatic carbocycles. The van der Waals surface area contributed by atoms with E-state index in [1.165, 1.54) is 0 Å². The van der Waals surface area contributed by atoms with Gasteiger partial charge in [-0.15, -0.1) is 0 Å². The lowest BCUT2D eigenvalue weighted by Crippen LogP contribution is -2.17. The first-order valence-corrected chi connectivity index (χ1v) is 9.92. The number of benzene rings is 3. The van der Waals surface area contributed by atoms with Crippen molar-refractivity contribution in [1.29, 1.82) is 0 Å². The molecule has 0 unspecified atom stereocenters. The smallest absolute Gasteiger partial charge is 0.339 e. The summed E-state index contributed by atoms with van der Waals surface area (Å²) in [5.74, 6) is -48.1. The molecule has 0 aliphatic rings. The van der Waals surface area contributed by atoms with Crippen LogP contribution in [0.2, 0.25) is 0 Å². The molecule has 0 aliphatic heterocycles. The van der Waals surface area contributed by atoms with E-state index in [0.29, 0.717) is 0 Å². The van der Waals surface area contributed by atoms with Crippen molar-refractivity contribution in [3.63, 3.8) is 0 Å². The van der Waals surface area contributed by atoms with Gasteiger partial charge in [-0.05, 0) is 0 Å². The molecule has 3 aromatic carbocycles. The van der Waals surface area contributed by atoms with Crippen molar-refractivity contribution in [1.82, 2.24) is 0 Å². The lowest BCUT2D eigenvalue weighted by molar-refractivity contribution is 0.0640. The van der Waals surface area contributed by atoms with E-state index in [4.69, 9.17) is 20.4 Å². The van der Waals surface area contributed by atoms with Gasteiger partial charge in [0.2, 0.25) is 57.9 Å². The second-order valence-electron chi connectivity index (χ2n) is 7.38. The van der Waals surface area contributed by atoms with Gasteiger partial charge in [0.15, 0.2) is 23.3 Å². The third-order valence-electron chi connectivity index (χ3n) is 5.01. The van der Waals surface area contributed by atoms with E-state index in [-0.39, 0.29) is 0 Å². The number of carboxylic acid groups (broad SMARTS) is 4. The normalized spacial score (nSPS) is 10.9. The van der Waals surface area contributed by atoms with Gasteiger partial charge in [0.05, 0.1) is 0 Å². The van der Waals surface area contributed by atoms with Crippen LogP contribution in [0, 0.1) is 58.2 Å². The van der Waals surface area contributed by atoms with Crippen LogP contribution in [0.5, 0.6) is 23.0 Å². The van der Waals surface area contributed by atoms with Gasteiger partial charge in [-0.3, -0.25) is 0 Å². The van der Waals surface area contributed by atoms with Gasteiger partial charge < -0.3 is 29.9 Å². The lowest BCUT2D eigenvalue weighted by atomic mass is 10.0. The molecule has 20 heteroatoms. The molecule has 10 nitrogen and oxygen atoms in total. The molecule has 0 spiro atoms. The van der Waals surface area contributed by atoms with Crippen molar-refractivity contribution in [2.24, 2.45) is 0 Å². The summed E-state index contributed by atoms with van der Waals surface area (Å²) < 4.78 is 152. The molecular weight excluding hydrogens is 614 g/mol. The Kier molecular flexibility index (Phi) is 7.95. The van der Waals surface area contributed by atoms with Crippen LogP contribution in [0.3, 0.4) is 0 Å². The van der Waals surface area contributed by atoms with Crippen molar-refractivity contribution in [2.75, 3.05) is 0 Å². The molecule has 0 saturated carbocycles. The molecule has 0 saturated heterocycles. The first kappa shape index (κ1) is 31.0. The zero-order valence-electron chi connectivity index (χ0n) is 19.0. The summed E-state index contributed by atoms with van der Waals surface area (Å²) in [6.45, 7) is 0. The van der Waals surface area contributed by atoms with Crippen molar-refractivity contribution < 1.29 is 93.0 Å². The van der Waals surface area contributed by atoms with Gasteiger partial charge in [-0.2, -0.15) is 26.3 Å². The number of ether oxygens (including phenoxy) is 2. The molecule has 3 aromatic rings. The highest BCUT2D eigenvalue weighted by atomic mass is 19.2. The second kappa shape index (κ2) is 10.8. The number of hydrogen-bond acceptors (Lipinski definition) is 6. The second-order valence-corrected chi connectivity index (χ2v) is 7.38. The molecule has 0 aromatic heterocycles. The Morgan fingerprint density at radius 2 is 0.500 bits per heavy atom. The molecule has 42 heavy (non-hydrogen) atoms. The fourth-order valence-electron chi connectivity index (χ4n) is 3.23. The Labute approximate surface area is 221 Å². The van der Waals surface area contributed by atoms with Crippen LogP contribution >= 0.6 is 0 Å². The van der Waals surface area contributed by atoms with Crippen LogP contribution in [0.25, 0.3) is 0 Å². The summed E-state index contributed by atoms with van der Waals surface area (Å²) in [5, 5.41) is 35.6. The third kappa shape index (κ3) is 4.71. The zero-order valence-corrected chi connectivity index (χ0v) is 19.0. The minimum absolute atomic E-state index is 2.14. The predicted molar refractivity (Wildman–Crippen MR) is 107 cm³/mol. The van der Waals surface area contributed by atoms with Crippen molar-refractivity contribution in [3.8, 4) is 23.0 Å². The summed E-state index contributed by atoms with van der Waals surface area (Å²) in [5.41, 5.74) is -8.63. The molecule has 0 amide bonds. The fourth-order valence-corrected chi connectivity index (χ4v) is 3.23. The molecule has 4 N–H and O–H groups in total. The maximum atomic E-state index is 14.6. The van der Waals surface area contributed by atoms with Crippen LogP contribution < -0.4 is 9.47 Å². The number of aromatic carboxylic acids is 4. The Hall–Kier alpha value is -5.56. The Morgan fingerprint density at radius 1 is 0.333 bits per heavy atom. The van der Waals surface area contributed by atoms with Gasteiger partial charge in [0.1, 0.15) is 22.3 Å². The standard InChI is InChI=1S/C22H4F10O10/c23-5-1(19(33)34)3(21(37)38)7(25)15(9(5)27)41-17-11(29)13(31)18(14(32)12(17)30)42-16-8(26)4(22(39)40)2(20(35)36)6(24)10(16)28/h(H,33,34)(H,35,36)(H,37,38)(H,39,40). The van der Waals surface area contributed by atoms with Crippen LogP contribution in [0.4, 0.5) is 43.9 Å². The molecule has 3 rings (SSSR count). The number of carbonyl (C=O) groups is 4. The van der Waals surface area contributed by atoms with E-state index < -0.39 is 127 Å². The number of hydrogen-bond donors (Lipinski definition) is 4. The monoisotopic (exact) mass is 618 g/mol. The largest absolute Gasteiger partial charge is 0.478 e. The third-order valence-corrected chi connectivity index (χ3v) is 5.01. The van der Waals surface area contributed by atoms with Gasteiger partial charge >= 0.3 is 23.9 Å². The van der Waals surface area contributed by atoms with E-state index in [2.05, 4.69) is 9.47 Å². The number of carboxylic acids is 4. The van der Waals surface area contributed by atoms with Gasteiger partial charge in [0.25, 0.3) is 0 Å². The first-order chi connectivity index (χ1) is 19.4. The summed E-state index contributed by atoms with van der Waals surface area (Å²) >= 11 is 0. The minimum Gasteiger partial charge on any atom is -0.478 e. The molecule has 222 valence electrons. The summed E-state index contributed by atoms with van der Waals surface area (Å²) in [7, 11) is 0. The molecule has 0 radical (unpaired) electrons. The lowest BCUT2D eigenvalue weighted by Gasteiger charge is -2.17. The Morgan fingerprint density at radius 3 is 0.714 bits per heavy atom. The average molecular weight is 618 g/mol. The fraction of sp³-hybridized carbons (Fsp3) is 0. The summed E-state index contributed by atoms with van der Waals surface area (Å²) in [4.78, 5) is 44.5. The molecule has 0 fully saturated rings. The van der Waals surface area contributed by atoms with Crippen molar-refractivity contribution in [3.05, 3.63) is 80.4 Å². The SMILES string of the molecule is O=C(O)c1c(F)c(F)c(Oc2c(F)c(F)c(Oc3c(F)c(F)c(C(=O)O)c(C(=O)O)c3F)c(F)c2F)c(F)c1C(=O)O. The number of halogens is 10. The van der Waals surface area contributed by atoms with E-state index in [0.717, 1.165) is 0 Å². The van der Waals surface area contributed by atoms with Crippen LogP contribution in [0.1, 0.15) is 41.4 Å². The highest BCUT2D eigenvalue weighted by Crippen LogP contribution is 2.43. The van der Waals surface area contributed by atoms with E-state index in [9.17, 15) is 63.1 Å². The van der Waals surface area contributed by atoms with Crippen LogP contribution in [-0.2, 0) is 0 Å². The Bertz CT molecular complexity index is 1600. The van der Waals surface area contributed by atoms with E-state index in [1.54, 1.807) is 0 Å². The highest BCUT2D eigenvalue weighted by molar-refractivity contribution is 6.03. The molecule has 0 heterocycles. The minimum atomic E-state index is -2.91. The van der Waals surface area contributed by atoms with Crippen molar-refractivity contribution >= 4 is 23.9 Å².